The highest BCUT2D eigenvalue weighted by atomic mass is 35.5. The van der Waals surface area contributed by atoms with Crippen molar-refractivity contribution in [2.24, 2.45) is 0 Å². The van der Waals surface area contributed by atoms with Gasteiger partial charge in [0.15, 0.2) is 0 Å². The Kier molecular flexibility index (Phi) is 5.73. The molecule has 0 bridgehead atoms. The first-order valence-corrected chi connectivity index (χ1v) is 7.59. The fourth-order valence-corrected chi connectivity index (χ4v) is 2.21. The number of halogens is 4. The van der Waals surface area contributed by atoms with E-state index in [4.69, 9.17) is 11.6 Å². The number of hydrogen-bond acceptors (Lipinski definition) is 3. The van der Waals surface area contributed by atoms with E-state index in [1.165, 1.54) is 6.07 Å². The Bertz CT molecular complexity index is 765. The minimum atomic E-state index is -4.60. The molecule has 0 fully saturated rings. The highest BCUT2D eigenvalue weighted by Crippen LogP contribution is 2.36. The van der Waals surface area contributed by atoms with Gasteiger partial charge in [0.1, 0.15) is 5.82 Å². The maximum absolute atomic E-state index is 12.8. The van der Waals surface area contributed by atoms with Gasteiger partial charge in [0, 0.05) is 19.8 Å². The first-order valence-electron chi connectivity index (χ1n) is 7.21. The fourth-order valence-electron chi connectivity index (χ4n) is 1.98. The Morgan fingerprint density at radius 1 is 1.24 bits per heavy atom. The van der Waals surface area contributed by atoms with Gasteiger partial charge in [0.2, 0.25) is 0 Å². The summed E-state index contributed by atoms with van der Waals surface area (Å²) in [5.41, 5.74) is -0.398. The van der Waals surface area contributed by atoms with Crippen LogP contribution >= 0.6 is 11.6 Å². The van der Waals surface area contributed by atoms with Gasteiger partial charge in [-0.3, -0.25) is 0 Å². The molecule has 0 saturated carbocycles. The molecule has 2 amide bonds. The maximum Gasteiger partial charge on any atom is 0.417 e. The summed E-state index contributed by atoms with van der Waals surface area (Å²) in [4.78, 5) is 18.0. The van der Waals surface area contributed by atoms with E-state index < -0.39 is 22.8 Å². The van der Waals surface area contributed by atoms with Crippen LogP contribution in [0.15, 0.2) is 36.4 Å². The molecule has 1 heterocycles. The predicted octanol–water partition coefficient (Wildman–Crippen LogP) is 4.14. The van der Waals surface area contributed by atoms with E-state index >= 15 is 0 Å². The number of amides is 2. The Hall–Kier alpha value is -2.48. The molecule has 1 aromatic carbocycles. The number of urea groups is 1. The van der Waals surface area contributed by atoms with E-state index in [0.29, 0.717) is 5.69 Å². The lowest BCUT2D eigenvalue weighted by Crippen LogP contribution is -2.28. The van der Waals surface area contributed by atoms with Crippen molar-refractivity contribution in [3.63, 3.8) is 0 Å². The van der Waals surface area contributed by atoms with Crippen LogP contribution in [0.3, 0.4) is 0 Å². The first-order chi connectivity index (χ1) is 11.7. The normalized spacial score (nSPS) is 11.1. The lowest BCUT2D eigenvalue weighted by atomic mass is 10.2. The van der Waals surface area contributed by atoms with Crippen molar-refractivity contribution in [3.8, 4) is 0 Å². The van der Waals surface area contributed by atoms with Crippen molar-refractivity contribution in [3.05, 3.63) is 52.7 Å². The molecule has 0 aliphatic rings. The van der Waals surface area contributed by atoms with Gasteiger partial charge in [-0.1, -0.05) is 17.7 Å². The van der Waals surface area contributed by atoms with Gasteiger partial charge in [0.05, 0.1) is 22.8 Å². The highest BCUT2D eigenvalue weighted by molar-refractivity contribution is 6.31. The van der Waals surface area contributed by atoms with Gasteiger partial charge in [-0.05, 0) is 30.3 Å². The third-order valence-corrected chi connectivity index (χ3v) is 3.54. The second-order valence-electron chi connectivity index (χ2n) is 5.38. The van der Waals surface area contributed by atoms with Crippen molar-refractivity contribution < 1.29 is 18.0 Å². The van der Waals surface area contributed by atoms with Crippen LogP contribution in [-0.4, -0.2) is 25.1 Å². The van der Waals surface area contributed by atoms with Crippen molar-refractivity contribution in [2.75, 3.05) is 24.3 Å². The molecule has 134 valence electrons. The molecule has 0 radical (unpaired) electrons. The molecule has 2 rings (SSSR count). The molecule has 1 aromatic heterocycles. The maximum atomic E-state index is 12.8. The lowest BCUT2D eigenvalue weighted by Gasteiger charge is -2.13. The van der Waals surface area contributed by atoms with Crippen molar-refractivity contribution in [1.82, 2.24) is 10.3 Å². The number of hydrogen-bond donors (Lipinski definition) is 2. The number of aromatic nitrogens is 1. The summed E-state index contributed by atoms with van der Waals surface area (Å²) in [6, 6.07) is 7.86. The topological polar surface area (TPSA) is 57.3 Å². The molecule has 9 heteroatoms. The molecular weight excluding hydrogens is 357 g/mol. The minimum absolute atomic E-state index is 0.00998. The van der Waals surface area contributed by atoms with Gasteiger partial charge in [-0.15, -0.1) is 0 Å². The quantitative estimate of drug-likeness (QED) is 0.848. The van der Waals surface area contributed by atoms with E-state index in [1.807, 2.05) is 25.1 Å². The van der Waals surface area contributed by atoms with Crippen molar-refractivity contribution in [1.29, 1.82) is 0 Å². The van der Waals surface area contributed by atoms with Gasteiger partial charge in [-0.25, -0.2) is 9.78 Å². The number of nitrogens with one attached hydrogen (secondary N) is 2. The number of benzene rings is 1. The summed E-state index contributed by atoms with van der Waals surface area (Å²) in [7, 11) is 3.68. The summed E-state index contributed by atoms with van der Waals surface area (Å²) in [6.45, 7) is 0.132. The molecule has 2 aromatic rings. The Morgan fingerprint density at radius 3 is 2.60 bits per heavy atom. The molecule has 5 nitrogen and oxygen atoms in total. The molecular formula is C16H16ClF3N4O. The number of anilines is 2. The summed E-state index contributed by atoms with van der Waals surface area (Å²) in [6.07, 6.45) is -4.60. The second-order valence-corrected chi connectivity index (χ2v) is 5.79. The van der Waals surface area contributed by atoms with E-state index in [2.05, 4.69) is 15.6 Å². The zero-order chi connectivity index (χ0) is 18.6. The summed E-state index contributed by atoms with van der Waals surface area (Å²) in [5.74, 6) is 0.729. The number of alkyl halides is 3. The molecule has 0 saturated heterocycles. The van der Waals surface area contributed by atoms with E-state index in [1.54, 1.807) is 12.1 Å². The van der Waals surface area contributed by atoms with Crippen molar-refractivity contribution in [2.45, 2.75) is 12.7 Å². The number of nitrogens with zero attached hydrogens (tertiary/aromatic N) is 2. The van der Waals surface area contributed by atoms with Crippen LogP contribution in [0.1, 0.15) is 11.3 Å². The summed E-state index contributed by atoms with van der Waals surface area (Å²) < 4.78 is 38.4. The molecule has 0 aliphatic heterocycles. The average Bonchev–Trinajstić information content (AvgIpc) is 2.54. The number of carbonyl (C=O) groups is 1. The highest BCUT2D eigenvalue weighted by Gasteiger charge is 2.33. The van der Waals surface area contributed by atoms with E-state index in [0.717, 1.165) is 18.0 Å². The standard InChI is InChI=1S/C16H16ClF3N4O/c1-24(2)14-5-3-4-11(22-14)9-21-15(25)23-10-6-7-13(17)12(8-10)16(18,19)20/h3-8H,9H2,1-2H3,(H2,21,23,25). The van der Waals surface area contributed by atoms with Gasteiger partial charge in [-0.2, -0.15) is 13.2 Å². The Labute approximate surface area is 147 Å². The van der Waals surface area contributed by atoms with Crippen LogP contribution in [0.2, 0.25) is 5.02 Å². The minimum Gasteiger partial charge on any atom is -0.363 e. The van der Waals surface area contributed by atoms with Crippen LogP contribution in [0.25, 0.3) is 0 Å². The summed E-state index contributed by atoms with van der Waals surface area (Å²) in [5, 5.41) is 4.46. The fraction of sp³-hybridized carbons (Fsp3) is 0.250. The van der Waals surface area contributed by atoms with Gasteiger partial charge in [0.25, 0.3) is 0 Å². The monoisotopic (exact) mass is 372 g/mol. The molecule has 2 N–H and O–H groups in total. The zero-order valence-electron chi connectivity index (χ0n) is 13.5. The second kappa shape index (κ2) is 7.60. The predicted molar refractivity (Wildman–Crippen MR) is 90.9 cm³/mol. The number of pyridine rings is 1. The molecule has 25 heavy (non-hydrogen) atoms. The Morgan fingerprint density at radius 2 is 1.96 bits per heavy atom. The van der Waals surface area contributed by atoms with E-state index in [-0.39, 0.29) is 12.2 Å². The number of carbonyl (C=O) groups excluding carboxylic acids is 1. The first kappa shape index (κ1) is 18.9. The van der Waals surface area contributed by atoms with Gasteiger partial charge >= 0.3 is 12.2 Å². The summed E-state index contributed by atoms with van der Waals surface area (Å²) >= 11 is 5.54. The average molecular weight is 373 g/mol. The molecule has 0 spiro atoms. The van der Waals surface area contributed by atoms with Crippen molar-refractivity contribution >= 4 is 29.1 Å². The Balaban J connectivity index is 2.00. The largest absolute Gasteiger partial charge is 0.417 e. The third kappa shape index (κ3) is 5.25. The lowest BCUT2D eigenvalue weighted by molar-refractivity contribution is -0.137. The smallest absolute Gasteiger partial charge is 0.363 e. The SMILES string of the molecule is CN(C)c1cccc(CNC(=O)Nc2ccc(Cl)c(C(F)(F)F)c2)n1. The van der Waals surface area contributed by atoms with Crippen LogP contribution in [0.4, 0.5) is 29.5 Å². The number of rotatable bonds is 4. The van der Waals surface area contributed by atoms with Crippen LogP contribution in [0.5, 0.6) is 0 Å². The van der Waals surface area contributed by atoms with E-state index in [9.17, 15) is 18.0 Å². The van der Waals surface area contributed by atoms with Gasteiger partial charge < -0.3 is 15.5 Å². The molecule has 0 unspecified atom stereocenters. The molecule has 0 atom stereocenters. The van der Waals surface area contributed by atoms with Crippen LogP contribution in [0, 0.1) is 0 Å². The molecule has 0 aliphatic carbocycles. The zero-order valence-corrected chi connectivity index (χ0v) is 14.2. The third-order valence-electron chi connectivity index (χ3n) is 3.21. The van der Waals surface area contributed by atoms with Crippen LogP contribution in [-0.2, 0) is 12.7 Å². The van der Waals surface area contributed by atoms with Crippen LogP contribution < -0.4 is 15.5 Å².